The van der Waals surface area contributed by atoms with Crippen LogP contribution in [0, 0.1) is 0 Å². The summed E-state index contributed by atoms with van der Waals surface area (Å²) in [6.45, 7) is 6.82. The zero-order valence-electron chi connectivity index (χ0n) is 44.4. The van der Waals surface area contributed by atoms with Crippen molar-refractivity contribution in [2.24, 2.45) is 30.0 Å². The second kappa shape index (κ2) is 22.9. The van der Waals surface area contributed by atoms with Crippen molar-refractivity contribution in [1.29, 1.82) is 0 Å². The van der Waals surface area contributed by atoms with E-state index in [9.17, 15) is 0 Å². The van der Waals surface area contributed by atoms with Crippen LogP contribution in [0.2, 0.25) is 0 Å². The normalized spacial score (nSPS) is 14.0. The maximum absolute atomic E-state index is 5.34. The summed E-state index contributed by atoms with van der Waals surface area (Å²) in [5, 5.41) is 0. The summed E-state index contributed by atoms with van der Waals surface area (Å²) in [5.41, 5.74) is 8.95. The predicted octanol–water partition coefficient (Wildman–Crippen LogP) is 20.4. The minimum Gasteiger partial charge on any atom is -0.208 e. The molecule has 0 radical (unpaired) electrons. The van der Waals surface area contributed by atoms with E-state index in [0.29, 0.717) is 35.0 Å². The minimum absolute atomic E-state index is 0.590. The first-order valence-corrected chi connectivity index (χ1v) is 32.9. The van der Waals surface area contributed by atoms with E-state index in [4.69, 9.17) is 30.0 Å². The van der Waals surface area contributed by atoms with Crippen molar-refractivity contribution < 1.29 is 0 Å². The Kier molecular flexibility index (Phi) is 15.1. The third kappa shape index (κ3) is 10.6. The standard InChI is InChI=1S/C66H60N6S6/c1-4-7-10-13-16-43-22-28-55(73-43)58-34-31-52(76-58)40-19-25-46-49(37-40)64-67-61(46)71-65-51-39-42(54-33-36-60(78-54)57-30-24-45(75-57)18-15-12-9-6-3)21-27-48(51)63(69-65)72-66-50-38-41(20-26-47(50)62(68-66)70-64)53-32-35-59(77-53)56-29-23-44(74-56)17-14-11-8-5-2/h19-39H,4-18H2,1-3H3. The van der Waals surface area contributed by atoms with Crippen molar-refractivity contribution in [3.63, 3.8) is 0 Å². The van der Waals surface area contributed by atoms with Gasteiger partial charge in [-0.3, -0.25) is 0 Å². The molecule has 6 bridgehead atoms. The number of nitrogens with zero attached hydrogens (tertiary/aromatic N) is 6. The van der Waals surface area contributed by atoms with Gasteiger partial charge in [0.25, 0.3) is 0 Å². The molecule has 4 aliphatic rings. The molecule has 0 atom stereocenters. The van der Waals surface area contributed by atoms with E-state index in [1.807, 2.05) is 68.0 Å². The van der Waals surface area contributed by atoms with Crippen LogP contribution >= 0.6 is 68.0 Å². The van der Waals surface area contributed by atoms with Crippen LogP contribution in [0.4, 0.5) is 0 Å². The Labute approximate surface area is 482 Å². The Morgan fingerprint density at radius 3 is 0.795 bits per heavy atom. The van der Waals surface area contributed by atoms with Gasteiger partial charge in [0.1, 0.15) is 0 Å². The number of amidine groups is 6. The molecule has 13 rings (SSSR count). The number of unbranched alkanes of at least 4 members (excludes halogenated alkanes) is 9. The summed E-state index contributed by atoms with van der Waals surface area (Å²) < 4.78 is 0. The molecule has 3 aromatic carbocycles. The van der Waals surface area contributed by atoms with Crippen LogP contribution in [-0.4, -0.2) is 35.0 Å². The topological polar surface area (TPSA) is 74.2 Å². The maximum Gasteiger partial charge on any atom is 0.164 e. The fraction of sp³-hybridized carbons (Fsp3) is 0.273. The van der Waals surface area contributed by atoms with E-state index in [-0.39, 0.29) is 0 Å². The van der Waals surface area contributed by atoms with E-state index in [0.717, 1.165) is 69.3 Å². The van der Waals surface area contributed by atoms with Gasteiger partial charge in [0.2, 0.25) is 0 Å². The molecule has 12 heteroatoms. The third-order valence-electron chi connectivity index (χ3n) is 15.0. The average molecular weight is 1130 g/mol. The number of thiophene rings is 6. The first kappa shape index (κ1) is 51.3. The van der Waals surface area contributed by atoms with Crippen molar-refractivity contribution >= 4 is 103 Å². The zero-order chi connectivity index (χ0) is 52.5. The van der Waals surface area contributed by atoms with Gasteiger partial charge < -0.3 is 0 Å². The summed E-state index contributed by atoms with van der Waals surface area (Å²) in [7, 11) is 0. The molecule has 6 aromatic heterocycles. The van der Waals surface area contributed by atoms with Crippen LogP contribution in [0.3, 0.4) is 0 Å². The number of fused-ring (bicyclic) bond motifs is 12. The van der Waals surface area contributed by atoms with Gasteiger partial charge in [-0.2, -0.15) is 0 Å². The quantitative estimate of drug-likeness (QED) is 0.0643. The summed E-state index contributed by atoms with van der Waals surface area (Å²) in [6.07, 6.45) is 18.8. The molecule has 0 spiro atoms. The van der Waals surface area contributed by atoms with Crippen molar-refractivity contribution in [1.82, 2.24) is 0 Å². The van der Waals surface area contributed by atoms with Gasteiger partial charge in [-0.25, -0.2) is 30.0 Å². The highest BCUT2D eigenvalue weighted by Crippen LogP contribution is 2.43. The fourth-order valence-electron chi connectivity index (χ4n) is 10.7. The lowest BCUT2D eigenvalue weighted by atomic mass is 10.0. The minimum atomic E-state index is 0.590. The maximum atomic E-state index is 5.34. The molecule has 0 saturated heterocycles. The van der Waals surface area contributed by atoms with Crippen molar-refractivity contribution in [3.05, 3.63) is 175 Å². The molecule has 390 valence electrons. The number of benzene rings is 3. The number of hydrogen-bond acceptors (Lipinski definition) is 12. The van der Waals surface area contributed by atoms with Crippen LogP contribution < -0.4 is 0 Å². The fourth-order valence-corrected chi connectivity index (χ4v) is 17.1. The molecule has 0 saturated carbocycles. The molecule has 9 aromatic rings. The van der Waals surface area contributed by atoms with Gasteiger partial charge in [0.05, 0.1) is 0 Å². The van der Waals surface area contributed by atoms with Crippen LogP contribution in [0.1, 0.15) is 146 Å². The molecule has 0 aliphatic carbocycles. The lowest BCUT2D eigenvalue weighted by molar-refractivity contribution is 0.670. The zero-order valence-corrected chi connectivity index (χ0v) is 49.3. The second-order valence-electron chi connectivity index (χ2n) is 20.6. The Hall–Kier alpha value is -6.12. The van der Waals surface area contributed by atoms with E-state index in [2.05, 4.69) is 148 Å². The van der Waals surface area contributed by atoms with Crippen LogP contribution in [0.5, 0.6) is 0 Å². The Morgan fingerprint density at radius 2 is 0.500 bits per heavy atom. The average Bonchev–Trinajstić information content (AvgIpc) is 4.32. The molecule has 4 aliphatic heterocycles. The van der Waals surface area contributed by atoms with E-state index < -0.39 is 0 Å². The monoisotopic (exact) mass is 1130 g/mol. The largest absolute Gasteiger partial charge is 0.208 e. The van der Waals surface area contributed by atoms with Crippen molar-refractivity contribution in [2.75, 3.05) is 0 Å². The van der Waals surface area contributed by atoms with Gasteiger partial charge in [-0.15, -0.1) is 68.0 Å². The summed E-state index contributed by atoms with van der Waals surface area (Å²) in [5.74, 6) is 3.54. The van der Waals surface area contributed by atoms with Gasteiger partial charge in [-0.1, -0.05) is 96.8 Å². The van der Waals surface area contributed by atoms with Gasteiger partial charge in [0, 0.05) is 91.9 Å². The van der Waals surface area contributed by atoms with Gasteiger partial charge in [0.15, 0.2) is 35.0 Å². The lowest BCUT2D eigenvalue weighted by Crippen LogP contribution is -2.02. The predicted molar refractivity (Wildman–Crippen MR) is 342 cm³/mol. The third-order valence-corrected chi connectivity index (χ3v) is 22.4. The molecule has 6 nitrogen and oxygen atoms in total. The van der Waals surface area contributed by atoms with Crippen molar-refractivity contribution in [2.45, 2.75) is 117 Å². The van der Waals surface area contributed by atoms with E-state index in [1.165, 1.54) is 136 Å². The SMILES string of the molecule is CCCCCCc1ccc(-c2ccc(-c3ccc4c(c3)C3=NC5=NC(=NC6=NC(=NC4=N3)c3cc(-c4ccc(-c7ccc(CCCCCC)s7)s4)ccc36)c3cc(-c4ccc(-c6ccc(CCCCCC)s6)s4)ccc35)s2)s1. The van der Waals surface area contributed by atoms with Gasteiger partial charge >= 0.3 is 0 Å². The second-order valence-corrected chi connectivity index (χ2v) is 27.4. The smallest absolute Gasteiger partial charge is 0.164 e. The van der Waals surface area contributed by atoms with E-state index >= 15 is 0 Å². The Morgan fingerprint density at radius 1 is 0.244 bits per heavy atom. The highest BCUT2D eigenvalue weighted by atomic mass is 32.1. The number of aliphatic imine (C=N–C) groups is 6. The van der Waals surface area contributed by atoms with Crippen LogP contribution in [0.15, 0.2) is 157 Å². The molecular formula is C66H60N6S6. The highest BCUT2D eigenvalue weighted by Gasteiger charge is 2.32. The van der Waals surface area contributed by atoms with E-state index in [1.54, 1.807) is 0 Å². The Balaban J connectivity index is 0.857. The van der Waals surface area contributed by atoms with Crippen LogP contribution in [-0.2, 0) is 19.3 Å². The van der Waals surface area contributed by atoms with Gasteiger partial charge in [-0.05, 0) is 164 Å². The highest BCUT2D eigenvalue weighted by molar-refractivity contribution is 7.25. The molecule has 0 fully saturated rings. The first-order valence-electron chi connectivity index (χ1n) is 28.0. The molecule has 0 amide bonds. The first-order chi connectivity index (χ1) is 38.4. The number of hydrogen-bond donors (Lipinski definition) is 0. The summed E-state index contributed by atoms with van der Waals surface area (Å²) in [4.78, 5) is 47.7. The van der Waals surface area contributed by atoms with Crippen molar-refractivity contribution in [3.8, 4) is 60.6 Å². The number of aryl methyl sites for hydroxylation is 3. The molecule has 10 heterocycles. The molecule has 78 heavy (non-hydrogen) atoms. The Bertz CT molecular complexity index is 3510. The van der Waals surface area contributed by atoms with Crippen LogP contribution in [0.25, 0.3) is 60.6 Å². The summed E-state index contributed by atoms with van der Waals surface area (Å²) in [6, 6.07) is 47.3. The summed E-state index contributed by atoms with van der Waals surface area (Å²) >= 11 is 11.3. The lowest BCUT2D eigenvalue weighted by Gasteiger charge is -2.06. The molecule has 0 N–H and O–H groups in total. The molecule has 0 unspecified atom stereocenters. The number of rotatable bonds is 21. The molecular weight excluding hydrogens is 1070 g/mol.